The van der Waals surface area contributed by atoms with Gasteiger partial charge in [-0.25, -0.2) is 0 Å². The predicted octanol–water partition coefficient (Wildman–Crippen LogP) is 4.57. The normalized spacial score (nSPS) is 18.7. The molecule has 3 aromatic rings. The van der Waals surface area contributed by atoms with Crippen LogP contribution in [0, 0.1) is 6.92 Å². The predicted molar refractivity (Wildman–Crippen MR) is 120 cm³/mol. The zero-order chi connectivity index (χ0) is 20.4. The number of hydrogen-bond acceptors (Lipinski definition) is 3. The van der Waals surface area contributed by atoms with E-state index in [0.29, 0.717) is 0 Å². The van der Waals surface area contributed by atoms with Gasteiger partial charge in [0.25, 0.3) is 0 Å². The van der Waals surface area contributed by atoms with Gasteiger partial charge in [0.05, 0.1) is 24.9 Å². The number of thiocarbonyl (C=S) groups is 1. The first-order valence-electron chi connectivity index (χ1n) is 9.94. The quantitative estimate of drug-likeness (QED) is 0.607. The molecule has 0 saturated carbocycles. The first-order chi connectivity index (χ1) is 14.1. The van der Waals surface area contributed by atoms with Crippen molar-refractivity contribution in [2.75, 3.05) is 13.7 Å². The minimum atomic E-state index is 0.00143. The number of rotatable bonds is 6. The maximum atomic E-state index is 5.72. The van der Waals surface area contributed by atoms with Crippen molar-refractivity contribution < 1.29 is 4.74 Å². The molecular weight excluding hydrogens is 380 g/mol. The first kappa shape index (κ1) is 19.5. The third kappa shape index (κ3) is 3.60. The van der Waals surface area contributed by atoms with Crippen molar-refractivity contribution >= 4 is 17.3 Å². The number of methoxy groups -OCH3 is 1. The van der Waals surface area contributed by atoms with Crippen LogP contribution in [0.1, 0.15) is 42.5 Å². The molecule has 1 aromatic carbocycles. The van der Waals surface area contributed by atoms with Crippen molar-refractivity contribution in [1.82, 2.24) is 19.8 Å². The van der Waals surface area contributed by atoms with Crippen LogP contribution in [0.4, 0.5) is 0 Å². The molecule has 1 saturated heterocycles. The van der Waals surface area contributed by atoms with E-state index in [4.69, 9.17) is 17.0 Å². The number of ether oxygens (including phenoxy) is 1. The summed E-state index contributed by atoms with van der Waals surface area (Å²) in [5.74, 6) is 0.850. The third-order valence-corrected chi connectivity index (χ3v) is 5.75. The second-order valence-corrected chi connectivity index (χ2v) is 7.64. The van der Waals surface area contributed by atoms with E-state index < -0.39 is 0 Å². The molecule has 0 unspecified atom stereocenters. The average Bonchev–Trinajstić information content (AvgIpc) is 3.29. The Balaban J connectivity index is 1.82. The van der Waals surface area contributed by atoms with E-state index in [9.17, 15) is 0 Å². The standard InChI is InChI=1S/C23H26N4OS/c1-4-15-26-22(21(25-23(26)29)19-7-5-6-14-24-19)20-13-8-16(2)27(20)17-9-11-18(28-3)12-10-17/h5-14,21-22H,4,15H2,1-3H3,(H,25,29)/t21-,22+/m0/s1. The molecule has 0 bridgehead atoms. The zero-order valence-corrected chi connectivity index (χ0v) is 17.8. The van der Waals surface area contributed by atoms with Gasteiger partial charge in [-0.05, 0) is 74.1 Å². The molecule has 5 nitrogen and oxygen atoms in total. The van der Waals surface area contributed by atoms with Gasteiger partial charge in [-0.3, -0.25) is 4.98 Å². The molecule has 1 aliphatic heterocycles. The Kier molecular flexibility index (Phi) is 5.53. The van der Waals surface area contributed by atoms with E-state index in [1.54, 1.807) is 7.11 Å². The summed E-state index contributed by atoms with van der Waals surface area (Å²) in [6, 6.07) is 18.7. The Hall–Kier alpha value is -2.86. The molecule has 29 heavy (non-hydrogen) atoms. The summed E-state index contributed by atoms with van der Waals surface area (Å²) in [5, 5.41) is 4.31. The molecule has 3 heterocycles. The van der Waals surface area contributed by atoms with Crippen LogP contribution in [0.5, 0.6) is 5.75 Å². The van der Waals surface area contributed by atoms with E-state index in [1.807, 2.05) is 30.5 Å². The molecule has 0 aliphatic carbocycles. The Labute approximate surface area is 177 Å². The smallest absolute Gasteiger partial charge is 0.170 e. The fraction of sp³-hybridized carbons (Fsp3) is 0.304. The maximum Gasteiger partial charge on any atom is 0.170 e. The van der Waals surface area contributed by atoms with Gasteiger partial charge in [-0.15, -0.1) is 0 Å². The van der Waals surface area contributed by atoms with Crippen molar-refractivity contribution in [2.45, 2.75) is 32.4 Å². The van der Waals surface area contributed by atoms with Crippen molar-refractivity contribution in [2.24, 2.45) is 0 Å². The maximum absolute atomic E-state index is 5.72. The van der Waals surface area contributed by atoms with Crippen molar-refractivity contribution in [1.29, 1.82) is 0 Å². The largest absolute Gasteiger partial charge is 0.497 e. The molecule has 1 N–H and O–H groups in total. The topological polar surface area (TPSA) is 42.3 Å². The Morgan fingerprint density at radius 3 is 2.55 bits per heavy atom. The molecule has 2 atom stereocenters. The number of aryl methyl sites for hydroxylation is 1. The summed E-state index contributed by atoms with van der Waals surface area (Å²) in [6.07, 6.45) is 2.86. The summed E-state index contributed by atoms with van der Waals surface area (Å²) in [7, 11) is 1.69. The Morgan fingerprint density at radius 2 is 1.90 bits per heavy atom. The van der Waals surface area contributed by atoms with Crippen LogP contribution < -0.4 is 10.1 Å². The summed E-state index contributed by atoms with van der Waals surface area (Å²) < 4.78 is 7.64. The fourth-order valence-electron chi connectivity index (χ4n) is 4.08. The van der Waals surface area contributed by atoms with Crippen molar-refractivity contribution in [3.05, 3.63) is 77.9 Å². The lowest BCUT2D eigenvalue weighted by atomic mass is 10.0. The highest BCUT2D eigenvalue weighted by molar-refractivity contribution is 7.80. The SMILES string of the molecule is CCCN1C(=S)N[C@@H](c2ccccn2)[C@H]1c1ccc(C)n1-c1ccc(OC)cc1. The van der Waals surface area contributed by atoms with Crippen LogP contribution in [-0.4, -0.2) is 33.2 Å². The summed E-state index contributed by atoms with van der Waals surface area (Å²) >= 11 is 5.72. The van der Waals surface area contributed by atoms with Gasteiger partial charge in [0.2, 0.25) is 0 Å². The summed E-state index contributed by atoms with van der Waals surface area (Å²) in [4.78, 5) is 6.92. The van der Waals surface area contributed by atoms with E-state index >= 15 is 0 Å². The molecular formula is C23H26N4OS. The van der Waals surface area contributed by atoms with Crippen LogP contribution in [0.15, 0.2) is 60.8 Å². The number of benzene rings is 1. The summed E-state index contributed by atoms with van der Waals surface area (Å²) in [5.41, 5.74) is 4.49. The molecule has 150 valence electrons. The number of aromatic nitrogens is 2. The lowest BCUT2D eigenvalue weighted by Gasteiger charge is -2.29. The van der Waals surface area contributed by atoms with Crippen molar-refractivity contribution in [3.8, 4) is 11.4 Å². The monoisotopic (exact) mass is 406 g/mol. The number of nitrogens with one attached hydrogen (secondary N) is 1. The van der Waals surface area contributed by atoms with Gasteiger partial charge < -0.3 is 19.5 Å². The fourth-order valence-corrected chi connectivity index (χ4v) is 4.41. The second kappa shape index (κ2) is 8.25. The Bertz CT molecular complexity index is 984. The van der Waals surface area contributed by atoms with Crippen LogP contribution in [-0.2, 0) is 0 Å². The lowest BCUT2D eigenvalue weighted by molar-refractivity contribution is 0.308. The highest BCUT2D eigenvalue weighted by Gasteiger charge is 2.41. The molecule has 2 aromatic heterocycles. The molecule has 0 amide bonds. The molecule has 1 aliphatic rings. The highest BCUT2D eigenvalue weighted by Crippen LogP contribution is 2.40. The van der Waals surface area contributed by atoms with E-state index in [0.717, 1.165) is 35.2 Å². The van der Waals surface area contributed by atoms with E-state index in [-0.39, 0.29) is 12.1 Å². The number of hydrogen-bond donors (Lipinski definition) is 1. The third-order valence-electron chi connectivity index (χ3n) is 5.40. The molecule has 6 heteroatoms. The van der Waals surface area contributed by atoms with Gasteiger partial charge >= 0.3 is 0 Å². The van der Waals surface area contributed by atoms with Crippen LogP contribution in [0.3, 0.4) is 0 Å². The first-order valence-corrected chi connectivity index (χ1v) is 10.4. The van der Waals surface area contributed by atoms with Gasteiger partial charge in [0.1, 0.15) is 5.75 Å². The molecule has 0 spiro atoms. The van der Waals surface area contributed by atoms with Crippen LogP contribution >= 0.6 is 12.2 Å². The number of pyridine rings is 1. The van der Waals surface area contributed by atoms with Gasteiger partial charge in [0.15, 0.2) is 5.11 Å². The highest BCUT2D eigenvalue weighted by atomic mass is 32.1. The number of nitrogens with zero attached hydrogens (tertiary/aromatic N) is 3. The van der Waals surface area contributed by atoms with Crippen LogP contribution in [0.2, 0.25) is 0 Å². The van der Waals surface area contributed by atoms with E-state index in [2.05, 4.69) is 63.9 Å². The van der Waals surface area contributed by atoms with Crippen LogP contribution in [0.25, 0.3) is 5.69 Å². The summed E-state index contributed by atoms with van der Waals surface area (Å²) in [6.45, 7) is 5.21. The van der Waals surface area contributed by atoms with Crippen molar-refractivity contribution in [3.63, 3.8) is 0 Å². The minimum absolute atomic E-state index is 0.00143. The molecule has 4 rings (SSSR count). The Morgan fingerprint density at radius 1 is 1.10 bits per heavy atom. The minimum Gasteiger partial charge on any atom is -0.497 e. The van der Waals surface area contributed by atoms with E-state index in [1.165, 1.54) is 11.4 Å². The zero-order valence-electron chi connectivity index (χ0n) is 17.0. The van der Waals surface area contributed by atoms with Gasteiger partial charge in [0, 0.05) is 29.8 Å². The molecule has 1 fully saturated rings. The molecule has 0 radical (unpaired) electrons. The second-order valence-electron chi connectivity index (χ2n) is 7.25. The van der Waals surface area contributed by atoms with Gasteiger partial charge in [-0.2, -0.15) is 0 Å². The average molecular weight is 407 g/mol. The lowest BCUT2D eigenvalue weighted by Crippen LogP contribution is -2.31. The van der Waals surface area contributed by atoms with Gasteiger partial charge in [-0.1, -0.05) is 13.0 Å².